The largest absolute Gasteiger partial charge is 0.373 e. The van der Waals surface area contributed by atoms with Gasteiger partial charge in [0.1, 0.15) is 18.0 Å². The molecule has 0 unspecified atom stereocenters. The zero-order chi connectivity index (χ0) is 13.0. The van der Waals surface area contributed by atoms with Crippen molar-refractivity contribution in [2.24, 2.45) is 7.05 Å². The Labute approximate surface area is 107 Å². The molecule has 0 aliphatic heterocycles. The number of hydrogen-bond donors (Lipinski definition) is 1. The molecule has 0 radical (unpaired) electrons. The summed E-state index contributed by atoms with van der Waals surface area (Å²) in [7, 11) is 3.90. The minimum atomic E-state index is 0.746. The molecule has 0 atom stereocenters. The van der Waals surface area contributed by atoms with Crippen LogP contribution in [0.3, 0.4) is 0 Å². The van der Waals surface area contributed by atoms with Gasteiger partial charge >= 0.3 is 0 Å². The quantitative estimate of drug-likeness (QED) is 0.872. The van der Waals surface area contributed by atoms with E-state index in [0.29, 0.717) is 0 Å². The lowest BCUT2D eigenvalue weighted by Crippen LogP contribution is -2.08. The summed E-state index contributed by atoms with van der Waals surface area (Å²) in [6.45, 7) is 2.16. The fourth-order valence-electron chi connectivity index (χ4n) is 2.05. The molecule has 5 heteroatoms. The minimum absolute atomic E-state index is 0.746. The maximum Gasteiger partial charge on any atom is 0.132 e. The van der Waals surface area contributed by atoms with Crippen molar-refractivity contribution in [3.05, 3.63) is 35.8 Å². The third-order valence-corrected chi connectivity index (χ3v) is 3.02. The van der Waals surface area contributed by atoms with Gasteiger partial charge in [-0.1, -0.05) is 13.3 Å². The second kappa shape index (κ2) is 5.62. The number of aromatic nitrogens is 4. The molecule has 2 aromatic rings. The van der Waals surface area contributed by atoms with E-state index >= 15 is 0 Å². The van der Waals surface area contributed by atoms with Crippen molar-refractivity contribution >= 4 is 5.82 Å². The highest BCUT2D eigenvalue weighted by Crippen LogP contribution is 2.19. The Bertz CT molecular complexity index is 518. The molecular formula is C13H19N5. The molecule has 0 aromatic carbocycles. The average Bonchev–Trinajstić information content (AvgIpc) is 2.77. The molecule has 0 saturated heterocycles. The van der Waals surface area contributed by atoms with Gasteiger partial charge in [0.05, 0.1) is 5.69 Å². The number of hydrogen-bond acceptors (Lipinski definition) is 4. The van der Waals surface area contributed by atoms with Gasteiger partial charge < -0.3 is 9.88 Å². The first kappa shape index (κ1) is 12.5. The second-order valence-corrected chi connectivity index (χ2v) is 4.28. The number of anilines is 1. The Balaban J connectivity index is 2.34. The normalized spacial score (nSPS) is 10.6. The zero-order valence-corrected chi connectivity index (χ0v) is 11.1. The lowest BCUT2D eigenvalue weighted by Gasteiger charge is -2.11. The fourth-order valence-corrected chi connectivity index (χ4v) is 2.05. The molecule has 0 fully saturated rings. The Hall–Kier alpha value is -1.91. The maximum atomic E-state index is 4.42. The van der Waals surface area contributed by atoms with Crippen LogP contribution in [0, 0.1) is 0 Å². The molecule has 18 heavy (non-hydrogen) atoms. The van der Waals surface area contributed by atoms with E-state index in [2.05, 4.69) is 27.2 Å². The molecule has 0 saturated carbocycles. The predicted molar refractivity (Wildman–Crippen MR) is 71.6 cm³/mol. The Morgan fingerprint density at radius 2 is 2.11 bits per heavy atom. The number of nitrogens with one attached hydrogen (secondary N) is 1. The second-order valence-electron chi connectivity index (χ2n) is 4.28. The summed E-state index contributed by atoms with van der Waals surface area (Å²) in [6.07, 6.45) is 8.19. The number of imidazole rings is 1. The van der Waals surface area contributed by atoms with Crippen molar-refractivity contribution in [2.75, 3.05) is 12.4 Å². The summed E-state index contributed by atoms with van der Waals surface area (Å²) in [6, 6.07) is 0. The summed E-state index contributed by atoms with van der Waals surface area (Å²) < 4.78 is 2.02. The van der Waals surface area contributed by atoms with E-state index in [1.54, 1.807) is 6.33 Å². The third kappa shape index (κ3) is 2.50. The van der Waals surface area contributed by atoms with Crippen LogP contribution >= 0.6 is 0 Å². The van der Waals surface area contributed by atoms with E-state index in [-0.39, 0.29) is 0 Å². The van der Waals surface area contributed by atoms with Gasteiger partial charge in [-0.3, -0.25) is 0 Å². The van der Waals surface area contributed by atoms with Crippen LogP contribution in [-0.2, 0) is 19.9 Å². The number of rotatable bonds is 5. The Morgan fingerprint density at radius 1 is 1.28 bits per heavy atom. The van der Waals surface area contributed by atoms with E-state index in [1.165, 1.54) is 5.56 Å². The standard InChI is InChI=1S/C13H19N5/c1-4-5-10-11(16-9-17-13(10)14-2)8-12-15-6-7-18(12)3/h6-7,9H,4-5,8H2,1-3H3,(H,14,16,17). The van der Waals surface area contributed by atoms with Crippen molar-refractivity contribution in [3.8, 4) is 0 Å². The molecule has 5 nitrogen and oxygen atoms in total. The van der Waals surface area contributed by atoms with Gasteiger partial charge in [-0.2, -0.15) is 0 Å². The smallest absolute Gasteiger partial charge is 0.132 e. The lowest BCUT2D eigenvalue weighted by molar-refractivity contribution is 0.792. The number of aryl methyl sites for hydroxylation is 1. The molecule has 2 heterocycles. The molecule has 1 N–H and O–H groups in total. The molecule has 0 amide bonds. The molecule has 0 aliphatic carbocycles. The van der Waals surface area contributed by atoms with Crippen LogP contribution in [0.25, 0.3) is 0 Å². The summed E-state index contributed by atoms with van der Waals surface area (Å²) in [5.41, 5.74) is 2.26. The van der Waals surface area contributed by atoms with Gasteiger partial charge in [0.25, 0.3) is 0 Å². The maximum absolute atomic E-state index is 4.42. The highest BCUT2D eigenvalue weighted by molar-refractivity contribution is 5.46. The first-order chi connectivity index (χ1) is 8.76. The van der Waals surface area contributed by atoms with Gasteiger partial charge in [0.2, 0.25) is 0 Å². The van der Waals surface area contributed by atoms with Gasteiger partial charge in [-0.15, -0.1) is 0 Å². The first-order valence-corrected chi connectivity index (χ1v) is 6.23. The summed E-state index contributed by atoms with van der Waals surface area (Å²) >= 11 is 0. The van der Waals surface area contributed by atoms with Crippen LogP contribution < -0.4 is 5.32 Å². The van der Waals surface area contributed by atoms with E-state index in [9.17, 15) is 0 Å². The first-order valence-electron chi connectivity index (χ1n) is 6.23. The van der Waals surface area contributed by atoms with Crippen molar-refractivity contribution < 1.29 is 0 Å². The molecule has 2 rings (SSSR count). The van der Waals surface area contributed by atoms with Crippen LogP contribution in [0.15, 0.2) is 18.7 Å². The van der Waals surface area contributed by atoms with E-state index in [0.717, 1.165) is 36.6 Å². The van der Waals surface area contributed by atoms with Crippen LogP contribution in [-0.4, -0.2) is 26.6 Å². The van der Waals surface area contributed by atoms with Crippen LogP contribution in [0.1, 0.15) is 30.4 Å². The zero-order valence-electron chi connectivity index (χ0n) is 11.1. The fraction of sp³-hybridized carbons (Fsp3) is 0.462. The minimum Gasteiger partial charge on any atom is -0.373 e. The SMILES string of the molecule is CCCc1c(Cc2nccn2C)ncnc1NC. The lowest BCUT2D eigenvalue weighted by atomic mass is 10.1. The van der Waals surface area contributed by atoms with E-state index in [4.69, 9.17) is 0 Å². The molecule has 0 spiro atoms. The van der Waals surface area contributed by atoms with Gasteiger partial charge in [-0.25, -0.2) is 15.0 Å². The summed E-state index contributed by atoms with van der Waals surface area (Å²) in [5.74, 6) is 1.95. The Morgan fingerprint density at radius 3 is 2.72 bits per heavy atom. The van der Waals surface area contributed by atoms with Crippen molar-refractivity contribution in [3.63, 3.8) is 0 Å². The molecule has 96 valence electrons. The van der Waals surface area contributed by atoms with Crippen LogP contribution in [0.4, 0.5) is 5.82 Å². The molecular weight excluding hydrogens is 226 g/mol. The van der Waals surface area contributed by atoms with Gasteiger partial charge in [0, 0.05) is 38.5 Å². The summed E-state index contributed by atoms with van der Waals surface area (Å²) in [5, 5.41) is 3.14. The van der Waals surface area contributed by atoms with Crippen LogP contribution in [0.5, 0.6) is 0 Å². The monoisotopic (exact) mass is 245 g/mol. The van der Waals surface area contributed by atoms with E-state index < -0.39 is 0 Å². The van der Waals surface area contributed by atoms with Gasteiger partial charge in [-0.05, 0) is 6.42 Å². The topological polar surface area (TPSA) is 55.6 Å². The Kier molecular flexibility index (Phi) is 3.92. The van der Waals surface area contributed by atoms with E-state index in [1.807, 2.05) is 31.1 Å². The van der Waals surface area contributed by atoms with Crippen molar-refractivity contribution in [1.29, 1.82) is 0 Å². The van der Waals surface area contributed by atoms with Crippen molar-refractivity contribution in [1.82, 2.24) is 19.5 Å². The van der Waals surface area contributed by atoms with Gasteiger partial charge in [0.15, 0.2) is 0 Å². The predicted octanol–water partition coefficient (Wildman–Crippen LogP) is 1.80. The summed E-state index contributed by atoms with van der Waals surface area (Å²) in [4.78, 5) is 13.0. The van der Waals surface area contributed by atoms with Crippen molar-refractivity contribution in [2.45, 2.75) is 26.2 Å². The van der Waals surface area contributed by atoms with Crippen LogP contribution in [0.2, 0.25) is 0 Å². The molecule has 0 bridgehead atoms. The average molecular weight is 245 g/mol. The third-order valence-electron chi connectivity index (χ3n) is 3.02. The number of nitrogens with zero attached hydrogens (tertiary/aromatic N) is 4. The highest BCUT2D eigenvalue weighted by Gasteiger charge is 2.12. The highest BCUT2D eigenvalue weighted by atomic mass is 15.0. The molecule has 0 aliphatic rings. The molecule has 2 aromatic heterocycles.